The molecule has 0 unspecified atom stereocenters. The van der Waals surface area contributed by atoms with E-state index in [1.54, 1.807) is 0 Å². The molecule has 0 atom stereocenters. The largest absolute Gasteiger partial charge is 0.309 e. The Labute approximate surface area is 353 Å². The minimum atomic E-state index is 0.614. The molecule has 0 saturated carbocycles. The Balaban J connectivity index is 0.976. The quantitative estimate of drug-likeness (QED) is 0.154. The van der Waals surface area contributed by atoms with Crippen LogP contribution in [0.1, 0.15) is 0 Å². The highest BCUT2D eigenvalue weighted by molar-refractivity contribution is 6.09. The maximum absolute atomic E-state index is 5.16. The van der Waals surface area contributed by atoms with Gasteiger partial charge in [-0.3, -0.25) is 0 Å². The van der Waals surface area contributed by atoms with Crippen molar-refractivity contribution in [3.63, 3.8) is 0 Å². The van der Waals surface area contributed by atoms with E-state index >= 15 is 0 Å². The van der Waals surface area contributed by atoms with Crippen molar-refractivity contribution in [2.75, 3.05) is 0 Å². The first-order chi connectivity index (χ1) is 30.2. The Morgan fingerprint density at radius 2 is 0.623 bits per heavy atom. The number of fused-ring (bicyclic) bond motifs is 3. The number of hydrogen-bond donors (Lipinski definition) is 0. The summed E-state index contributed by atoms with van der Waals surface area (Å²) in [7, 11) is 0. The number of nitrogens with zero attached hydrogens (tertiary/aromatic N) is 6. The fraction of sp³-hybridized carbons (Fsp3) is 0. The predicted octanol–water partition coefficient (Wildman–Crippen LogP) is 13.4. The molecule has 6 nitrogen and oxygen atoms in total. The zero-order chi connectivity index (χ0) is 40.5. The topological polar surface area (TPSA) is 69.4 Å². The first-order valence-electron chi connectivity index (χ1n) is 20.3. The van der Waals surface area contributed by atoms with Gasteiger partial charge in [-0.15, -0.1) is 0 Å². The van der Waals surface area contributed by atoms with Gasteiger partial charge in [-0.2, -0.15) is 0 Å². The minimum absolute atomic E-state index is 0.614. The summed E-state index contributed by atoms with van der Waals surface area (Å²) >= 11 is 0. The van der Waals surface area contributed by atoms with Crippen molar-refractivity contribution in [1.29, 1.82) is 0 Å². The van der Waals surface area contributed by atoms with Crippen LogP contribution in [0.2, 0.25) is 0 Å². The lowest BCUT2D eigenvalue weighted by Crippen LogP contribution is -2.00. The van der Waals surface area contributed by atoms with Gasteiger partial charge in [-0.1, -0.05) is 176 Å². The van der Waals surface area contributed by atoms with Gasteiger partial charge in [0.1, 0.15) is 0 Å². The standard InChI is InChI=1S/C55H36N6/c1-4-16-38(17-5-1)52-56-48(37-30-32-45(33-31-37)61-50-28-12-10-26-46(50)47-27-11-13-29-51(47)61)36-49(57-52)43-24-14-22-41(34-43)42-23-15-25-44(35-42)55-59-53(39-18-6-2-7-19-39)58-54(60-55)40-20-8-3-9-21-40/h1-36H. The van der Waals surface area contributed by atoms with Crippen molar-refractivity contribution in [2.45, 2.75) is 0 Å². The second-order valence-corrected chi connectivity index (χ2v) is 14.9. The Hall–Kier alpha value is -8.35. The van der Waals surface area contributed by atoms with Gasteiger partial charge in [0.15, 0.2) is 23.3 Å². The molecular formula is C55H36N6. The van der Waals surface area contributed by atoms with Gasteiger partial charge in [-0.25, -0.2) is 24.9 Å². The molecule has 0 aliphatic rings. The molecule has 8 aromatic carbocycles. The van der Waals surface area contributed by atoms with E-state index in [9.17, 15) is 0 Å². The van der Waals surface area contributed by atoms with Crippen LogP contribution in [0, 0.1) is 0 Å². The molecule has 286 valence electrons. The minimum Gasteiger partial charge on any atom is -0.309 e. The monoisotopic (exact) mass is 780 g/mol. The Morgan fingerprint density at radius 3 is 1.15 bits per heavy atom. The van der Waals surface area contributed by atoms with E-state index in [1.165, 1.54) is 21.8 Å². The summed E-state index contributed by atoms with van der Waals surface area (Å²) < 4.78 is 2.33. The molecule has 0 aliphatic heterocycles. The summed E-state index contributed by atoms with van der Waals surface area (Å²) in [5.41, 5.74) is 13.0. The molecule has 6 heteroatoms. The molecule has 0 bridgehead atoms. The smallest absolute Gasteiger partial charge is 0.164 e. The number of benzene rings is 8. The third kappa shape index (κ3) is 6.92. The lowest BCUT2D eigenvalue weighted by Gasteiger charge is -2.12. The summed E-state index contributed by atoms with van der Waals surface area (Å²) in [4.78, 5) is 25.1. The van der Waals surface area contributed by atoms with Crippen LogP contribution >= 0.6 is 0 Å². The summed E-state index contributed by atoms with van der Waals surface area (Å²) in [6.45, 7) is 0. The second kappa shape index (κ2) is 15.4. The number of para-hydroxylation sites is 2. The van der Waals surface area contributed by atoms with Gasteiger partial charge in [0.2, 0.25) is 0 Å². The van der Waals surface area contributed by atoms with Gasteiger partial charge in [0.05, 0.1) is 22.4 Å². The van der Waals surface area contributed by atoms with E-state index in [0.29, 0.717) is 23.3 Å². The summed E-state index contributed by atoms with van der Waals surface area (Å²) in [6, 6.07) is 75.2. The zero-order valence-corrected chi connectivity index (χ0v) is 33.0. The molecule has 3 aromatic heterocycles. The number of aromatic nitrogens is 6. The molecule has 0 saturated heterocycles. The summed E-state index contributed by atoms with van der Waals surface area (Å²) in [5, 5.41) is 2.48. The third-order valence-corrected chi connectivity index (χ3v) is 11.1. The Morgan fingerprint density at radius 1 is 0.246 bits per heavy atom. The van der Waals surface area contributed by atoms with E-state index in [-0.39, 0.29) is 0 Å². The van der Waals surface area contributed by atoms with Crippen LogP contribution in [0.15, 0.2) is 218 Å². The van der Waals surface area contributed by atoms with Crippen LogP contribution < -0.4 is 0 Å². The molecular weight excluding hydrogens is 745 g/mol. The highest BCUT2D eigenvalue weighted by atomic mass is 15.0. The van der Waals surface area contributed by atoms with Crippen LogP contribution in [0.3, 0.4) is 0 Å². The SMILES string of the molecule is c1ccc(-c2nc(-c3ccc(-n4c5ccccc5c5ccccc54)cc3)cc(-c3cccc(-c4cccc(-c5nc(-c6ccccc6)nc(-c6ccccc6)n5)c4)c3)n2)cc1. The molecule has 11 aromatic rings. The molecule has 61 heavy (non-hydrogen) atoms. The van der Waals surface area contributed by atoms with Crippen molar-refractivity contribution in [2.24, 2.45) is 0 Å². The highest BCUT2D eigenvalue weighted by Gasteiger charge is 2.16. The average Bonchev–Trinajstić information content (AvgIpc) is 3.69. The molecule has 0 N–H and O–H groups in total. The molecule has 0 spiro atoms. The molecule has 3 heterocycles. The Bertz CT molecular complexity index is 3230. The first kappa shape index (κ1) is 35.8. The maximum Gasteiger partial charge on any atom is 0.164 e. The average molecular weight is 781 g/mol. The molecule has 0 fully saturated rings. The highest BCUT2D eigenvalue weighted by Crippen LogP contribution is 2.35. The third-order valence-electron chi connectivity index (χ3n) is 11.1. The van der Waals surface area contributed by atoms with Crippen LogP contribution in [0.4, 0.5) is 0 Å². The predicted molar refractivity (Wildman–Crippen MR) is 248 cm³/mol. The summed E-state index contributed by atoms with van der Waals surface area (Å²) in [5.74, 6) is 2.55. The molecule has 0 amide bonds. The van der Waals surface area contributed by atoms with Crippen LogP contribution in [-0.2, 0) is 0 Å². The van der Waals surface area contributed by atoms with E-state index in [2.05, 4.69) is 144 Å². The van der Waals surface area contributed by atoms with Gasteiger partial charge in [-0.05, 0) is 53.6 Å². The van der Waals surface area contributed by atoms with Crippen molar-refractivity contribution in [3.05, 3.63) is 218 Å². The zero-order valence-electron chi connectivity index (χ0n) is 33.0. The lowest BCUT2D eigenvalue weighted by molar-refractivity contribution is 1.07. The normalized spacial score (nSPS) is 11.3. The van der Waals surface area contributed by atoms with E-state index in [1.807, 2.05) is 78.9 Å². The van der Waals surface area contributed by atoms with Crippen LogP contribution in [0.25, 0.3) is 107 Å². The fourth-order valence-electron chi connectivity index (χ4n) is 8.07. The van der Waals surface area contributed by atoms with Gasteiger partial charge < -0.3 is 4.57 Å². The van der Waals surface area contributed by atoms with Crippen LogP contribution in [0.5, 0.6) is 0 Å². The van der Waals surface area contributed by atoms with Crippen molar-refractivity contribution in [1.82, 2.24) is 29.5 Å². The van der Waals surface area contributed by atoms with E-state index in [4.69, 9.17) is 24.9 Å². The molecule has 11 rings (SSSR count). The Kier molecular flexibility index (Phi) is 9.06. The van der Waals surface area contributed by atoms with Crippen molar-refractivity contribution in [3.8, 4) is 84.9 Å². The second-order valence-electron chi connectivity index (χ2n) is 14.9. The van der Waals surface area contributed by atoms with Crippen molar-refractivity contribution >= 4 is 21.8 Å². The van der Waals surface area contributed by atoms with Crippen molar-refractivity contribution < 1.29 is 0 Å². The number of hydrogen-bond acceptors (Lipinski definition) is 5. The van der Waals surface area contributed by atoms with Gasteiger partial charge >= 0.3 is 0 Å². The maximum atomic E-state index is 5.16. The lowest BCUT2D eigenvalue weighted by atomic mass is 9.99. The fourth-order valence-corrected chi connectivity index (χ4v) is 8.07. The van der Waals surface area contributed by atoms with E-state index in [0.717, 1.165) is 61.6 Å². The molecule has 0 aliphatic carbocycles. The molecule has 0 radical (unpaired) electrons. The van der Waals surface area contributed by atoms with Gasteiger partial charge in [0, 0.05) is 49.8 Å². The number of rotatable bonds is 8. The summed E-state index contributed by atoms with van der Waals surface area (Å²) in [6.07, 6.45) is 0. The first-order valence-corrected chi connectivity index (χ1v) is 20.3. The van der Waals surface area contributed by atoms with Crippen LogP contribution in [-0.4, -0.2) is 29.5 Å². The van der Waals surface area contributed by atoms with Gasteiger partial charge in [0.25, 0.3) is 0 Å². The van der Waals surface area contributed by atoms with E-state index < -0.39 is 0 Å².